The van der Waals surface area contributed by atoms with Crippen molar-refractivity contribution >= 4 is 46.6 Å². The molecule has 2 aromatic heterocycles. The Labute approximate surface area is 201 Å². The van der Waals surface area contributed by atoms with Gasteiger partial charge in [0.2, 0.25) is 11.8 Å². The number of aliphatic imine (C=N–C) groups is 1. The van der Waals surface area contributed by atoms with Gasteiger partial charge < -0.3 is 15.4 Å². The summed E-state index contributed by atoms with van der Waals surface area (Å²) in [6.45, 7) is 7.75. The molecular formula is C24H28N6O3S. The molecule has 0 radical (unpaired) electrons. The largest absolute Gasteiger partial charge is 0.471 e. The Bertz CT molecular complexity index is 1360. The second-order valence-corrected chi connectivity index (χ2v) is 10.3. The third kappa shape index (κ3) is 4.75. The van der Waals surface area contributed by atoms with Crippen LogP contribution in [0.3, 0.4) is 0 Å². The SMILES string of the molecule is CCn1c(=O)/c(=C\Nc2cccc(NC(=O)C(C)(C)C)n2)s/c1=C(/C#N)C1=N[C@H]2CCC[C@H]2O1. The molecule has 0 unspecified atom stereocenters. The summed E-state index contributed by atoms with van der Waals surface area (Å²) in [5, 5.41) is 15.7. The number of carbonyl (C=O) groups is 1. The molecule has 1 aliphatic carbocycles. The monoisotopic (exact) mass is 480 g/mol. The minimum atomic E-state index is -0.545. The second kappa shape index (κ2) is 9.43. The molecule has 2 N–H and O–H groups in total. The van der Waals surface area contributed by atoms with E-state index in [-0.39, 0.29) is 23.6 Å². The van der Waals surface area contributed by atoms with Crippen molar-refractivity contribution in [3.8, 4) is 6.07 Å². The average Bonchev–Trinajstić information content (AvgIpc) is 3.47. The van der Waals surface area contributed by atoms with Gasteiger partial charge in [-0.05, 0) is 38.3 Å². The number of nitrogens with zero attached hydrogens (tertiary/aromatic N) is 4. The Morgan fingerprint density at radius 2 is 2.12 bits per heavy atom. The van der Waals surface area contributed by atoms with Crippen LogP contribution in [0.25, 0.3) is 11.8 Å². The topological polar surface area (TPSA) is 121 Å². The lowest BCUT2D eigenvalue weighted by Gasteiger charge is -2.17. The number of rotatable bonds is 5. The molecular weight excluding hydrogens is 452 g/mol. The summed E-state index contributed by atoms with van der Waals surface area (Å²) in [6.07, 6.45) is 4.58. The number of fused-ring (bicyclic) bond motifs is 1. The van der Waals surface area contributed by atoms with E-state index in [0.29, 0.717) is 38.8 Å². The maximum absolute atomic E-state index is 13.0. The summed E-state index contributed by atoms with van der Waals surface area (Å²) < 4.78 is 8.46. The zero-order chi connectivity index (χ0) is 24.5. The molecule has 1 fully saturated rings. The molecule has 1 saturated carbocycles. The van der Waals surface area contributed by atoms with Crippen molar-refractivity contribution in [2.24, 2.45) is 10.4 Å². The summed E-state index contributed by atoms with van der Waals surface area (Å²) in [4.78, 5) is 34.3. The van der Waals surface area contributed by atoms with E-state index < -0.39 is 5.41 Å². The third-order valence-corrected chi connectivity index (χ3v) is 6.88. The standard InChI is InChI=1S/C24H28N6O3S/c1-5-30-21(31)17(13-26-18-10-7-11-19(28-18)29-23(32)24(2,3)4)34-22(30)14(12-25)20-27-15-8-6-9-16(15)33-20/h7,10-11,13,15-16H,5-6,8-9H2,1-4H3,(H2,26,28,29,32)/b17-13+,22-14-/t15-,16+/m0/s1. The first-order valence-electron chi connectivity index (χ1n) is 11.4. The number of hydrogen-bond donors (Lipinski definition) is 2. The van der Waals surface area contributed by atoms with Gasteiger partial charge in [0.05, 0.1) is 6.04 Å². The van der Waals surface area contributed by atoms with Gasteiger partial charge in [-0.15, -0.1) is 11.3 Å². The van der Waals surface area contributed by atoms with E-state index in [9.17, 15) is 14.9 Å². The van der Waals surface area contributed by atoms with Crippen molar-refractivity contribution in [2.45, 2.75) is 65.6 Å². The quantitative estimate of drug-likeness (QED) is 0.677. The van der Waals surface area contributed by atoms with Crippen LogP contribution < -0.4 is 25.4 Å². The molecule has 2 atom stereocenters. The number of thiazole rings is 1. The molecule has 2 aliphatic rings. The average molecular weight is 481 g/mol. The number of anilines is 2. The zero-order valence-corrected chi connectivity index (χ0v) is 20.5. The van der Waals surface area contributed by atoms with E-state index in [2.05, 4.69) is 26.7 Å². The highest BCUT2D eigenvalue weighted by Crippen LogP contribution is 2.31. The van der Waals surface area contributed by atoms with Crippen LogP contribution >= 0.6 is 11.3 Å². The first-order chi connectivity index (χ1) is 16.2. The number of aromatic nitrogens is 2. The third-order valence-electron chi connectivity index (χ3n) is 5.75. The Hall–Kier alpha value is -3.45. The lowest BCUT2D eigenvalue weighted by Crippen LogP contribution is -2.32. The first-order valence-corrected chi connectivity index (χ1v) is 12.2. The van der Waals surface area contributed by atoms with Crippen molar-refractivity contribution in [2.75, 3.05) is 10.6 Å². The predicted molar refractivity (Wildman–Crippen MR) is 133 cm³/mol. The van der Waals surface area contributed by atoms with E-state index >= 15 is 0 Å². The Kier molecular flexibility index (Phi) is 6.57. The van der Waals surface area contributed by atoms with Crippen molar-refractivity contribution in [1.29, 1.82) is 5.26 Å². The molecule has 2 aromatic rings. The smallest absolute Gasteiger partial charge is 0.270 e. The van der Waals surface area contributed by atoms with Gasteiger partial charge in [-0.2, -0.15) is 5.26 Å². The molecule has 3 heterocycles. The number of hydrogen-bond acceptors (Lipinski definition) is 8. The van der Waals surface area contributed by atoms with E-state index in [4.69, 9.17) is 4.74 Å². The fourth-order valence-corrected chi connectivity index (χ4v) is 4.93. The normalized spacial score (nSPS) is 20.8. The number of nitrogens with one attached hydrogen (secondary N) is 2. The molecule has 10 heteroatoms. The van der Waals surface area contributed by atoms with E-state index in [0.717, 1.165) is 19.3 Å². The van der Waals surface area contributed by atoms with Crippen molar-refractivity contribution in [1.82, 2.24) is 9.55 Å². The molecule has 1 aliphatic heterocycles. The zero-order valence-electron chi connectivity index (χ0n) is 19.7. The number of amides is 1. The van der Waals surface area contributed by atoms with Gasteiger partial charge in [0.15, 0.2) is 0 Å². The van der Waals surface area contributed by atoms with Crippen LogP contribution in [0.5, 0.6) is 0 Å². The van der Waals surface area contributed by atoms with Crippen LogP contribution in [0.1, 0.15) is 47.0 Å². The van der Waals surface area contributed by atoms with Crippen LogP contribution in [0.15, 0.2) is 28.0 Å². The van der Waals surface area contributed by atoms with Gasteiger partial charge in [-0.1, -0.05) is 26.8 Å². The molecule has 178 valence electrons. The maximum atomic E-state index is 13.0. The van der Waals surface area contributed by atoms with Crippen LogP contribution in [0.4, 0.5) is 11.6 Å². The van der Waals surface area contributed by atoms with Crippen molar-refractivity contribution < 1.29 is 9.53 Å². The van der Waals surface area contributed by atoms with E-state index in [1.54, 1.807) is 29.0 Å². The minimum Gasteiger partial charge on any atom is -0.471 e. The highest BCUT2D eigenvalue weighted by molar-refractivity contribution is 7.07. The van der Waals surface area contributed by atoms with Crippen LogP contribution in [0.2, 0.25) is 0 Å². The Morgan fingerprint density at radius 3 is 2.79 bits per heavy atom. The van der Waals surface area contributed by atoms with Gasteiger partial charge in [0.25, 0.3) is 5.56 Å². The molecule has 4 rings (SSSR count). The van der Waals surface area contributed by atoms with Gasteiger partial charge in [-0.25, -0.2) is 9.98 Å². The fourth-order valence-electron chi connectivity index (χ4n) is 3.85. The molecule has 9 nitrogen and oxygen atoms in total. The number of ether oxygens (including phenoxy) is 1. The number of pyridine rings is 1. The molecule has 0 spiro atoms. The van der Waals surface area contributed by atoms with Gasteiger partial charge >= 0.3 is 0 Å². The van der Waals surface area contributed by atoms with Crippen molar-refractivity contribution in [3.63, 3.8) is 0 Å². The highest BCUT2D eigenvalue weighted by atomic mass is 32.1. The molecule has 0 aromatic carbocycles. The summed E-state index contributed by atoms with van der Waals surface area (Å²) in [5.74, 6) is 1.09. The molecule has 1 amide bonds. The molecule has 34 heavy (non-hydrogen) atoms. The van der Waals surface area contributed by atoms with Gasteiger partial charge in [0.1, 0.15) is 38.6 Å². The molecule has 0 bridgehead atoms. The fraction of sp³-hybridized carbons (Fsp3) is 0.458. The Morgan fingerprint density at radius 1 is 1.35 bits per heavy atom. The highest BCUT2D eigenvalue weighted by Gasteiger charge is 2.36. The Balaban J connectivity index is 1.66. The summed E-state index contributed by atoms with van der Waals surface area (Å²) in [7, 11) is 0. The molecule has 0 saturated heterocycles. The van der Waals surface area contributed by atoms with Crippen LogP contribution in [-0.4, -0.2) is 33.5 Å². The van der Waals surface area contributed by atoms with Crippen LogP contribution in [-0.2, 0) is 16.1 Å². The minimum absolute atomic E-state index is 0.0323. The lowest BCUT2D eigenvalue weighted by atomic mass is 9.96. The lowest BCUT2D eigenvalue weighted by molar-refractivity contribution is -0.123. The van der Waals surface area contributed by atoms with Crippen LogP contribution in [0, 0.1) is 16.7 Å². The van der Waals surface area contributed by atoms with Gasteiger partial charge in [0, 0.05) is 18.2 Å². The first kappa shape index (κ1) is 23.7. The maximum Gasteiger partial charge on any atom is 0.270 e. The number of carbonyl (C=O) groups excluding carboxylic acids is 1. The van der Waals surface area contributed by atoms with E-state index in [1.807, 2.05) is 27.7 Å². The summed E-state index contributed by atoms with van der Waals surface area (Å²) >= 11 is 1.21. The van der Waals surface area contributed by atoms with Gasteiger partial charge in [-0.3, -0.25) is 14.2 Å². The second-order valence-electron chi connectivity index (χ2n) is 9.30. The van der Waals surface area contributed by atoms with E-state index in [1.165, 1.54) is 11.3 Å². The summed E-state index contributed by atoms with van der Waals surface area (Å²) in [6, 6.07) is 7.51. The van der Waals surface area contributed by atoms with Crippen molar-refractivity contribution in [3.05, 3.63) is 37.7 Å². The predicted octanol–water partition coefficient (Wildman–Crippen LogP) is 2.18. The number of nitriles is 1. The summed E-state index contributed by atoms with van der Waals surface area (Å²) in [5.41, 5.74) is -0.460.